The average molecular weight is 296 g/mol. The lowest BCUT2D eigenvalue weighted by molar-refractivity contribution is -0.128. The number of anilines is 1. The normalized spacial score (nSPS) is 14.7. The molecule has 1 aliphatic rings. The molecule has 1 fully saturated rings. The minimum Gasteiger partial charge on any atom is -0.365 e. The molecule has 1 aromatic rings. The smallest absolute Gasteiger partial charge is 0.242 e. The first-order valence-corrected chi connectivity index (χ1v) is 7.41. The van der Waals surface area contributed by atoms with Crippen LogP contribution in [-0.4, -0.2) is 44.5 Å². The van der Waals surface area contributed by atoms with Crippen molar-refractivity contribution in [1.82, 2.24) is 10.2 Å². The molecule has 0 aliphatic carbocycles. The van der Waals surface area contributed by atoms with Gasteiger partial charge < -0.3 is 15.1 Å². The van der Waals surface area contributed by atoms with Crippen LogP contribution < -0.4 is 10.2 Å². The molecular weight excluding hydrogens is 274 g/mol. The molecule has 0 saturated carbocycles. The van der Waals surface area contributed by atoms with Crippen LogP contribution in [-0.2, 0) is 11.3 Å². The average Bonchev–Trinajstić information content (AvgIpc) is 2.95. The monoisotopic (exact) mass is 295 g/mol. The van der Waals surface area contributed by atoms with Crippen molar-refractivity contribution in [1.29, 1.82) is 0 Å². The van der Waals surface area contributed by atoms with E-state index in [9.17, 15) is 4.79 Å². The van der Waals surface area contributed by atoms with Crippen molar-refractivity contribution in [2.75, 3.05) is 38.6 Å². The molecular formula is C15H22ClN3O. The molecule has 0 aromatic heterocycles. The second-order valence-corrected chi connectivity index (χ2v) is 5.68. The van der Waals surface area contributed by atoms with Crippen LogP contribution in [0.1, 0.15) is 18.4 Å². The van der Waals surface area contributed by atoms with Gasteiger partial charge in [-0.25, -0.2) is 0 Å². The Bertz CT molecular complexity index is 472. The lowest BCUT2D eigenvalue weighted by Gasteiger charge is -2.25. The molecule has 1 aromatic carbocycles. The third-order valence-corrected chi connectivity index (χ3v) is 3.89. The van der Waals surface area contributed by atoms with Gasteiger partial charge in [0.2, 0.25) is 5.91 Å². The highest BCUT2D eigenvalue weighted by Crippen LogP contribution is 2.24. The van der Waals surface area contributed by atoms with E-state index in [0.29, 0.717) is 11.6 Å². The van der Waals surface area contributed by atoms with Gasteiger partial charge in [0.15, 0.2) is 0 Å². The molecule has 5 heteroatoms. The van der Waals surface area contributed by atoms with Crippen molar-refractivity contribution < 1.29 is 4.79 Å². The molecule has 2 rings (SSSR count). The zero-order valence-corrected chi connectivity index (χ0v) is 12.9. The lowest BCUT2D eigenvalue weighted by atomic mass is 10.1. The summed E-state index contributed by atoms with van der Waals surface area (Å²) in [4.78, 5) is 16.1. The summed E-state index contributed by atoms with van der Waals surface area (Å²) in [5.74, 6) is 0.195. The summed E-state index contributed by atoms with van der Waals surface area (Å²) < 4.78 is 0. The number of carbonyl (C=O) groups excluding carboxylic acids is 1. The minimum atomic E-state index is 0.195. The molecule has 1 saturated heterocycles. The predicted molar refractivity (Wildman–Crippen MR) is 83.3 cm³/mol. The number of hydrogen-bond donors (Lipinski definition) is 1. The van der Waals surface area contributed by atoms with Gasteiger partial charge in [0, 0.05) is 37.4 Å². The third-order valence-electron chi connectivity index (χ3n) is 3.66. The van der Waals surface area contributed by atoms with E-state index >= 15 is 0 Å². The Morgan fingerprint density at radius 3 is 2.75 bits per heavy atom. The predicted octanol–water partition coefficient (Wildman–Crippen LogP) is 2.12. The first-order chi connectivity index (χ1) is 9.61. The van der Waals surface area contributed by atoms with Gasteiger partial charge in [0.25, 0.3) is 0 Å². The fourth-order valence-electron chi connectivity index (χ4n) is 2.59. The highest BCUT2D eigenvalue weighted by atomic mass is 35.5. The fourth-order valence-corrected chi connectivity index (χ4v) is 2.75. The molecule has 20 heavy (non-hydrogen) atoms. The molecule has 0 atom stereocenters. The quantitative estimate of drug-likeness (QED) is 0.904. The molecule has 1 N–H and O–H groups in total. The largest absolute Gasteiger partial charge is 0.365 e. The maximum atomic E-state index is 12.2. The van der Waals surface area contributed by atoms with E-state index in [2.05, 4.69) is 5.32 Å². The number of nitrogens with one attached hydrogen (secondary N) is 1. The van der Waals surface area contributed by atoms with Gasteiger partial charge in [-0.1, -0.05) is 17.7 Å². The van der Waals surface area contributed by atoms with Crippen molar-refractivity contribution in [2.24, 2.45) is 0 Å². The number of likely N-dealkylation sites (tertiary alicyclic amines) is 1. The zero-order chi connectivity index (χ0) is 14.5. The highest BCUT2D eigenvalue weighted by Gasteiger charge is 2.20. The molecule has 1 aliphatic heterocycles. The fraction of sp³-hybridized carbons (Fsp3) is 0.533. The van der Waals surface area contributed by atoms with Gasteiger partial charge in [-0.3, -0.25) is 4.79 Å². The molecule has 1 amide bonds. The van der Waals surface area contributed by atoms with Crippen molar-refractivity contribution in [3.8, 4) is 0 Å². The van der Waals surface area contributed by atoms with Crippen molar-refractivity contribution in [3.05, 3.63) is 28.8 Å². The Labute approximate surface area is 125 Å². The number of hydrogen-bond acceptors (Lipinski definition) is 3. The highest BCUT2D eigenvalue weighted by molar-refractivity contribution is 6.30. The summed E-state index contributed by atoms with van der Waals surface area (Å²) in [5, 5.41) is 3.84. The lowest BCUT2D eigenvalue weighted by Crippen LogP contribution is -2.37. The van der Waals surface area contributed by atoms with E-state index < -0.39 is 0 Å². The molecule has 0 bridgehead atoms. The Hall–Kier alpha value is -1.26. The van der Waals surface area contributed by atoms with Crippen LogP contribution in [0.4, 0.5) is 5.69 Å². The Kier molecular flexibility index (Phi) is 5.26. The summed E-state index contributed by atoms with van der Waals surface area (Å²) in [7, 11) is 3.85. The van der Waals surface area contributed by atoms with E-state index in [-0.39, 0.29) is 5.91 Å². The number of benzene rings is 1. The molecule has 0 radical (unpaired) electrons. The van der Waals surface area contributed by atoms with Gasteiger partial charge in [-0.05, 0) is 37.6 Å². The third kappa shape index (κ3) is 3.64. The maximum absolute atomic E-state index is 12.2. The Morgan fingerprint density at radius 1 is 1.40 bits per heavy atom. The first-order valence-electron chi connectivity index (χ1n) is 7.03. The van der Waals surface area contributed by atoms with Crippen molar-refractivity contribution in [3.63, 3.8) is 0 Å². The number of halogens is 1. The van der Waals surface area contributed by atoms with E-state index in [4.69, 9.17) is 11.6 Å². The van der Waals surface area contributed by atoms with E-state index in [1.165, 1.54) is 0 Å². The van der Waals surface area contributed by atoms with Crippen molar-refractivity contribution in [2.45, 2.75) is 19.4 Å². The molecule has 1 heterocycles. The number of likely N-dealkylation sites (N-methyl/N-ethyl adjacent to an activating group) is 1. The standard InChI is InChI=1S/C15H22ClN3O/c1-17-10-12-5-6-13(16)9-14(12)18(2)11-15(20)19-7-3-4-8-19/h5-6,9,17H,3-4,7-8,10-11H2,1-2H3. The second kappa shape index (κ2) is 6.95. The molecule has 0 spiro atoms. The summed E-state index contributed by atoms with van der Waals surface area (Å²) >= 11 is 6.08. The Balaban J connectivity index is 2.09. The summed E-state index contributed by atoms with van der Waals surface area (Å²) in [6.45, 7) is 2.95. The maximum Gasteiger partial charge on any atom is 0.242 e. The van der Waals surface area contributed by atoms with Crippen molar-refractivity contribution >= 4 is 23.2 Å². The minimum absolute atomic E-state index is 0.195. The van der Waals surface area contributed by atoms with Crippen LogP contribution in [0.25, 0.3) is 0 Å². The number of rotatable bonds is 5. The SMILES string of the molecule is CNCc1ccc(Cl)cc1N(C)CC(=O)N1CCCC1. The van der Waals surface area contributed by atoms with Crippen LogP contribution in [0, 0.1) is 0 Å². The van der Waals surface area contributed by atoms with Crippen LogP contribution in [0.15, 0.2) is 18.2 Å². The van der Waals surface area contributed by atoms with Crippen LogP contribution in [0.5, 0.6) is 0 Å². The molecule has 0 unspecified atom stereocenters. The van der Waals surface area contributed by atoms with Gasteiger partial charge in [-0.2, -0.15) is 0 Å². The Morgan fingerprint density at radius 2 is 2.10 bits per heavy atom. The van der Waals surface area contributed by atoms with Gasteiger partial charge in [0.05, 0.1) is 6.54 Å². The first kappa shape index (κ1) is 15.1. The number of amides is 1. The van der Waals surface area contributed by atoms with Crippen LogP contribution in [0.3, 0.4) is 0 Å². The summed E-state index contributed by atoms with van der Waals surface area (Å²) in [6.07, 6.45) is 2.25. The van der Waals surface area contributed by atoms with Crippen LogP contribution in [0.2, 0.25) is 5.02 Å². The van der Waals surface area contributed by atoms with Gasteiger partial charge >= 0.3 is 0 Å². The summed E-state index contributed by atoms with van der Waals surface area (Å²) in [5.41, 5.74) is 2.16. The van der Waals surface area contributed by atoms with Gasteiger partial charge in [-0.15, -0.1) is 0 Å². The molecule has 4 nitrogen and oxygen atoms in total. The topological polar surface area (TPSA) is 35.6 Å². The summed E-state index contributed by atoms with van der Waals surface area (Å²) in [6, 6.07) is 5.81. The van der Waals surface area contributed by atoms with E-state index in [1.54, 1.807) is 0 Å². The molecule has 110 valence electrons. The van der Waals surface area contributed by atoms with E-state index in [0.717, 1.165) is 43.7 Å². The number of carbonyl (C=O) groups is 1. The van der Waals surface area contributed by atoms with Crippen LogP contribution >= 0.6 is 11.6 Å². The van der Waals surface area contributed by atoms with Gasteiger partial charge in [0.1, 0.15) is 0 Å². The van der Waals surface area contributed by atoms with E-state index in [1.807, 2.05) is 42.1 Å². The zero-order valence-electron chi connectivity index (χ0n) is 12.2. The second-order valence-electron chi connectivity index (χ2n) is 5.25. The number of nitrogens with zero attached hydrogens (tertiary/aromatic N) is 2.